The normalized spacial score (nSPS) is 16.0. The van der Waals surface area contributed by atoms with Crippen molar-refractivity contribution >= 4 is 27.5 Å². The molecule has 2 aromatic rings. The number of hydrogen-bond acceptors (Lipinski definition) is 6. The Morgan fingerprint density at radius 1 is 1.26 bits per heavy atom. The lowest BCUT2D eigenvalue weighted by molar-refractivity contribution is 0.0647. The molecule has 1 saturated heterocycles. The minimum atomic E-state index is 0.101. The molecular weight excluding hydrogens is 312 g/mol. The van der Waals surface area contributed by atoms with E-state index < -0.39 is 0 Å². The lowest BCUT2D eigenvalue weighted by Gasteiger charge is -2.33. The first-order valence-corrected chi connectivity index (χ1v) is 8.85. The van der Waals surface area contributed by atoms with Crippen molar-refractivity contribution in [2.45, 2.75) is 20.8 Å². The molecule has 0 aliphatic carbocycles. The van der Waals surface area contributed by atoms with Crippen LogP contribution >= 0.6 is 11.3 Å². The first-order chi connectivity index (χ1) is 11.2. The van der Waals surface area contributed by atoms with Crippen LogP contribution in [0.15, 0.2) is 6.33 Å². The number of amides is 1. The van der Waals surface area contributed by atoms with Crippen LogP contribution in [0.2, 0.25) is 0 Å². The van der Waals surface area contributed by atoms with Crippen LogP contribution in [0, 0.1) is 6.92 Å². The van der Waals surface area contributed by atoms with Gasteiger partial charge in [0.2, 0.25) is 5.88 Å². The summed E-state index contributed by atoms with van der Waals surface area (Å²) in [6.45, 7) is 11.1. The Bertz CT molecular complexity index is 707. The van der Waals surface area contributed by atoms with Crippen LogP contribution < -0.4 is 4.74 Å². The maximum Gasteiger partial charge on any atom is 0.264 e. The standard InChI is InChI=1S/C16H22N4O2S/c1-4-19-6-8-20(9-7-19)16(21)13-11(3)12-14(22-5-2)17-10-18-15(12)23-13/h10H,4-9H2,1-3H3. The van der Waals surface area contributed by atoms with Crippen LogP contribution in [0.3, 0.4) is 0 Å². The van der Waals surface area contributed by atoms with Crippen molar-refractivity contribution in [1.82, 2.24) is 19.8 Å². The van der Waals surface area contributed by atoms with Crippen LogP contribution in [-0.4, -0.2) is 65.0 Å². The van der Waals surface area contributed by atoms with Crippen LogP contribution in [0.4, 0.5) is 0 Å². The number of carbonyl (C=O) groups excluding carboxylic acids is 1. The lowest BCUT2D eigenvalue weighted by Crippen LogP contribution is -2.48. The minimum absolute atomic E-state index is 0.101. The Morgan fingerprint density at radius 2 is 2.00 bits per heavy atom. The zero-order chi connectivity index (χ0) is 16.4. The zero-order valence-corrected chi connectivity index (χ0v) is 14.7. The predicted molar refractivity (Wildman–Crippen MR) is 91.3 cm³/mol. The van der Waals surface area contributed by atoms with Gasteiger partial charge in [0.15, 0.2) is 0 Å². The van der Waals surface area contributed by atoms with E-state index in [2.05, 4.69) is 21.8 Å². The Balaban J connectivity index is 1.89. The van der Waals surface area contributed by atoms with E-state index in [-0.39, 0.29) is 5.91 Å². The van der Waals surface area contributed by atoms with Crippen molar-refractivity contribution in [2.75, 3.05) is 39.3 Å². The third-order valence-corrected chi connectivity index (χ3v) is 5.46. The van der Waals surface area contributed by atoms with E-state index in [0.29, 0.717) is 12.5 Å². The molecule has 0 bridgehead atoms. The highest BCUT2D eigenvalue weighted by molar-refractivity contribution is 7.20. The molecule has 0 atom stereocenters. The van der Waals surface area contributed by atoms with Gasteiger partial charge in [-0.1, -0.05) is 6.92 Å². The van der Waals surface area contributed by atoms with Gasteiger partial charge in [0.1, 0.15) is 11.2 Å². The van der Waals surface area contributed by atoms with E-state index in [1.54, 1.807) is 0 Å². The van der Waals surface area contributed by atoms with E-state index in [4.69, 9.17) is 4.74 Å². The summed E-state index contributed by atoms with van der Waals surface area (Å²) in [6, 6.07) is 0. The minimum Gasteiger partial charge on any atom is -0.477 e. The van der Waals surface area contributed by atoms with Crippen LogP contribution in [-0.2, 0) is 0 Å². The van der Waals surface area contributed by atoms with Gasteiger partial charge in [-0.2, -0.15) is 0 Å². The van der Waals surface area contributed by atoms with Gasteiger partial charge in [0, 0.05) is 26.2 Å². The number of rotatable bonds is 4. The van der Waals surface area contributed by atoms with Crippen molar-refractivity contribution < 1.29 is 9.53 Å². The van der Waals surface area contributed by atoms with Crippen molar-refractivity contribution in [1.29, 1.82) is 0 Å². The number of ether oxygens (including phenoxy) is 1. The van der Waals surface area contributed by atoms with Crippen LogP contribution in [0.5, 0.6) is 5.88 Å². The number of aromatic nitrogens is 2. The fraction of sp³-hybridized carbons (Fsp3) is 0.562. The Kier molecular flexibility index (Phi) is 4.77. The van der Waals surface area contributed by atoms with E-state index in [9.17, 15) is 4.79 Å². The Hall–Kier alpha value is -1.73. The average Bonchev–Trinajstić information content (AvgIpc) is 2.92. The van der Waals surface area contributed by atoms with E-state index in [1.807, 2.05) is 18.7 Å². The summed E-state index contributed by atoms with van der Waals surface area (Å²) < 4.78 is 5.59. The molecule has 0 N–H and O–H groups in total. The topological polar surface area (TPSA) is 58.6 Å². The molecule has 1 fully saturated rings. The number of carbonyl (C=O) groups is 1. The molecule has 1 aliphatic rings. The van der Waals surface area contributed by atoms with Crippen molar-refractivity contribution in [3.05, 3.63) is 16.8 Å². The van der Waals surface area contributed by atoms with Gasteiger partial charge < -0.3 is 14.5 Å². The van der Waals surface area contributed by atoms with E-state index in [1.165, 1.54) is 17.7 Å². The van der Waals surface area contributed by atoms with Gasteiger partial charge in [0.05, 0.1) is 16.9 Å². The number of piperazine rings is 1. The summed E-state index contributed by atoms with van der Waals surface area (Å²) in [5, 5.41) is 0.870. The quantitative estimate of drug-likeness (QED) is 0.858. The summed E-state index contributed by atoms with van der Waals surface area (Å²) in [4.78, 5) is 27.3. The summed E-state index contributed by atoms with van der Waals surface area (Å²) >= 11 is 1.44. The fourth-order valence-corrected chi connectivity index (χ4v) is 4.01. The molecule has 7 heteroatoms. The maximum absolute atomic E-state index is 12.9. The molecule has 6 nitrogen and oxygen atoms in total. The van der Waals surface area contributed by atoms with Gasteiger partial charge in [0.25, 0.3) is 5.91 Å². The molecule has 0 saturated carbocycles. The molecule has 3 heterocycles. The summed E-state index contributed by atoms with van der Waals surface area (Å²) in [5.41, 5.74) is 0.928. The second-order valence-corrected chi connectivity index (χ2v) is 6.57. The van der Waals surface area contributed by atoms with Gasteiger partial charge in [-0.15, -0.1) is 11.3 Å². The van der Waals surface area contributed by atoms with Gasteiger partial charge >= 0.3 is 0 Å². The van der Waals surface area contributed by atoms with Gasteiger partial charge in [-0.25, -0.2) is 9.97 Å². The molecule has 3 rings (SSSR count). The average molecular weight is 334 g/mol. The lowest BCUT2D eigenvalue weighted by atomic mass is 10.2. The molecule has 0 aromatic carbocycles. The molecule has 1 aliphatic heterocycles. The molecule has 23 heavy (non-hydrogen) atoms. The number of hydrogen-bond donors (Lipinski definition) is 0. The molecule has 0 spiro atoms. The number of aryl methyl sites for hydroxylation is 1. The largest absolute Gasteiger partial charge is 0.477 e. The molecule has 124 valence electrons. The zero-order valence-electron chi connectivity index (χ0n) is 13.8. The Labute approximate surface area is 140 Å². The second-order valence-electron chi connectivity index (χ2n) is 5.57. The highest BCUT2D eigenvalue weighted by Gasteiger charge is 2.26. The molecule has 2 aromatic heterocycles. The maximum atomic E-state index is 12.9. The molecular formula is C16H22N4O2S. The third kappa shape index (κ3) is 3.03. The van der Waals surface area contributed by atoms with E-state index in [0.717, 1.165) is 53.4 Å². The molecule has 0 unspecified atom stereocenters. The number of fused-ring (bicyclic) bond motifs is 1. The second kappa shape index (κ2) is 6.80. The highest BCUT2D eigenvalue weighted by Crippen LogP contribution is 2.35. The Morgan fingerprint density at radius 3 is 2.65 bits per heavy atom. The monoisotopic (exact) mass is 334 g/mol. The van der Waals surface area contributed by atoms with Crippen LogP contribution in [0.25, 0.3) is 10.2 Å². The predicted octanol–water partition coefficient (Wildman–Crippen LogP) is 2.18. The van der Waals surface area contributed by atoms with Crippen molar-refractivity contribution in [3.63, 3.8) is 0 Å². The first kappa shape index (κ1) is 16.1. The molecule has 1 amide bonds. The fourth-order valence-electron chi connectivity index (χ4n) is 2.90. The number of nitrogens with zero attached hydrogens (tertiary/aromatic N) is 4. The number of likely N-dealkylation sites (N-methyl/N-ethyl adjacent to an activating group) is 1. The SMILES string of the molecule is CCOc1ncnc2sc(C(=O)N3CCN(CC)CC3)c(C)c12. The summed E-state index contributed by atoms with van der Waals surface area (Å²) in [5.74, 6) is 0.671. The summed E-state index contributed by atoms with van der Waals surface area (Å²) in [6.07, 6.45) is 1.50. The van der Waals surface area contributed by atoms with Crippen LogP contribution in [0.1, 0.15) is 29.1 Å². The van der Waals surface area contributed by atoms with Gasteiger partial charge in [-0.05, 0) is 26.0 Å². The third-order valence-electron chi connectivity index (χ3n) is 4.27. The van der Waals surface area contributed by atoms with Gasteiger partial charge in [-0.3, -0.25) is 4.79 Å². The smallest absolute Gasteiger partial charge is 0.264 e. The highest BCUT2D eigenvalue weighted by atomic mass is 32.1. The summed E-state index contributed by atoms with van der Waals surface area (Å²) in [7, 11) is 0. The van der Waals surface area contributed by atoms with Crippen molar-refractivity contribution in [3.8, 4) is 5.88 Å². The van der Waals surface area contributed by atoms with E-state index >= 15 is 0 Å². The molecule has 0 radical (unpaired) electrons. The number of thiophene rings is 1. The van der Waals surface area contributed by atoms with Crippen molar-refractivity contribution in [2.24, 2.45) is 0 Å². The first-order valence-electron chi connectivity index (χ1n) is 8.04.